The summed E-state index contributed by atoms with van der Waals surface area (Å²) in [6.07, 6.45) is 1.29. The number of benzene rings is 2. The van der Waals surface area contributed by atoms with Crippen molar-refractivity contribution in [2.24, 2.45) is 0 Å². The molecule has 2 amide bonds. The van der Waals surface area contributed by atoms with Crippen LogP contribution in [0.3, 0.4) is 0 Å². The Kier molecular flexibility index (Phi) is 4.70. The van der Waals surface area contributed by atoms with E-state index in [2.05, 4.69) is 31.8 Å². The van der Waals surface area contributed by atoms with Crippen molar-refractivity contribution in [3.63, 3.8) is 0 Å². The molecule has 2 heterocycles. The van der Waals surface area contributed by atoms with Crippen molar-refractivity contribution in [2.75, 3.05) is 6.79 Å². The van der Waals surface area contributed by atoms with E-state index in [0.29, 0.717) is 28.0 Å². The Morgan fingerprint density at radius 1 is 1.11 bits per heavy atom. The SMILES string of the molecule is O=C(Cn1cnc2ccc(Br)cc2c1=O)NNC(=O)c1ccc2c(c1)OCO2. The third-order valence-electron chi connectivity index (χ3n) is 4.05. The molecule has 0 bridgehead atoms. The summed E-state index contributed by atoms with van der Waals surface area (Å²) in [6, 6.07) is 9.79. The summed E-state index contributed by atoms with van der Waals surface area (Å²) < 4.78 is 12.3. The highest BCUT2D eigenvalue weighted by molar-refractivity contribution is 9.10. The first-order chi connectivity index (χ1) is 13.5. The van der Waals surface area contributed by atoms with Gasteiger partial charge in [-0.2, -0.15) is 0 Å². The predicted molar refractivity (Wildman–Crippen MR) is 102 cm³/mol. The van der Waals surface area contributed by atoms with Gasteiger partial charge in [-0.3, -0.25) is 29.8 Å². The van der Waals surface area contributed by atoms with E-state index in [-0.39, 0.29) is 18.9 Å². The maximum Gasteiger partial charge on any atom is 0.269 e. The Morgan fingerprint density at radius 2 is 1.93 bits per heavy atom. The zero-order chi connectivity index (χ0) is 19.7. The fourth-order valence-electron chi connectivity index (χ4n) is 2.67. The standard InChI is InChI=1S/C18H13BrN4O5/c19-11-2-3-13-12(6-11)18(26)23(8-20-13)7-16(24)21-22-17(25)10-1-4-14-15(5-10)28-9-27-14/h1-6,8H,7,9H2,(H,21,24)(H,22,25). The van der Waals surface area contributed by atoms with E-state index in [1.807, 2.05) is 0 Å². The molecule has 1 aromatic heterocycles. The fraction of sp³-hybridized carbons (Fsp3) is 0.111. The first-order valence-corrected chi connectivity index (χ1v) is 8.94. The molecule has 2 aromatic carbocycles. The molecule has 4 rings (SSSR count). The lowest BCUT2D eigenvalue weighted by Gasteiger charge is -2.09. The van der Waals surface area contributed by atoms with Crippen LogP contribution in [0.4, 0.5) is 0 Å². The van der Waals surface area contributed by atoms with E-state index in [1.165, 1.54) is 12.4 Å². The summed E-state index contributed by atoms with van der Waals surface area (Å²) in [5, 5.41) is 0.383. The van der Waals surface area contributed by atoms with Gasteiger partial charge in [-0.15, -0.1) is 0 Å². The molecule has 0 aliphatic carbocycles. The van der Waals surface area contributed by atoms with Crippen LogP contribution in [0.25, 0.3) is 10.9 Å². The van der Waals surface area contributed by atoms with Gasteiger partial charge in [0.2, 0.25) is 6.79 Å². The molecule has 3 aromatic rings. The number of fused-ring (bicyclic) bond motifs is 2. The van der Waals surface area contributed by atoms with Crippen molar-refractivity contribution in [3.8, 4) is 11.5 Å². The van der Waals surface area contributed by atoms with Crippen LogP contribution in [0.15, 0.2) is 52.0 Å². The minimum atomic E-state index is -0.577. The van der Waals surface area contributed by atoms with Crippen LogP contribution in [0.5, 0.6) is 11.5 Å². The normalized spacial score (nSPS) is 12.0. The molecular formula is C18H13BrN4O5. The maximum atomic E-state index is 12.5. The highest BCUT2D eigenvalue weighted by Gasteiger charge is 2.16. The summed E-state index contributed by atoms with van der Waals surface area (Å²) in [5.41, 5.74) is 5.04. The van der Waals surface area contributed by atoms with E-state index < -0.39 is 11.8 Å². The largest absolute Gasteiger partial charge is 0.454 e. The van der Waals surface area contributed by atoms with E-state index in [4.69, 9.17) is 9.47 Å². The van der Waals surface area contributed by atoms with Crippen molar-refractivity contribution in [1.82, 2.24) is 20.4 Å². The lowest BCUT2D eigenvalue weighted by atomic mass is 10.2. The highest BCUT2D eigenvalue weighted by atomic mass is 79.9. The number of nitrogens with zero attached hydrogens (tertiary/aromatic N) is 2. The lowest BCUT2D eigenvalue weighted by molar-refractivity contribution is -0.122. The second kappa shape index (κ2) is 7.31. The van der Waals surface area contributed by atoms with Crippen molar-refractivity contribution in [2.45, 2.75) is 6.54 Å². The second-order valence-corrected chi connectivity index (χ2v) is 6.83. The third-order valence-corrected chi connectivity index (χ3v) is 4.54. The Balaban J connectivity index is 1.42. The molecule has 0 spiro atoms. The fourth-order valence-corrected chi connectivity index (χ4v) is 3.04. The Hall–Kier alpha value is -3.40. The monoisotopic (exact) mass is 444 g/mol. The van der Waals surface area contributed by atoms with Crippen LogP contribution in [-0.2, 0) is 11.3 Å². The number of halogens is 1. The zero-order valence-electron chi connectivity index (χ0n) is 14.3. The number of carbonyl (C=O) groups is 2. The van der Waals surface area contributed by atoms with Gasteiger partial charge in [0.15, 0.2) is 11.5 Å². The summed E-state index contributed by atoms with van der Waals surface area (Å²) in [5.74, 6) is -0.0961. The van der Waals surface area contributed by atoms with Gasteiger partial charge < -0.3 is 9.47 Å². The maximum absolute atomic E-state index is 12.5. The van der Waals surface area contributed by atoms with Crippen molar-refractivity contribution < 1.29 is 19.1 Å². The molecule has 1 aliphatic heterocycles. The third kappa shape index (κ3) is 3.54. The molecule has 1 aliphatic rings. The quantitative estimate of drug-likeness (QED) is 0.589. The molecule has 0 fully saturated rings. The summed E-state index contributed by atoms with van der Waals surface area (Å²) in [6.45, 7) is -0.196. The number of hydrogen-bond donors (Lipinski definition) is 2. The predicted octanol–water partition coefficient (Wildman–Crippen LogP) is 1.35. The van der Waals surface area contributed by atoms with Crippen LogP contribution in [0.2, 0.25) is 0 Å². The molecule has 10 heteroatoms. The van der Waals surface area contributed by atoms with E-state index in [9.17, 15) is 14.4 Å². The summed E-state index contributed by atoms with van der Waals surface area (Å²) >= 11 is 3.30. The number of hydrogen-bond acceptors (Lipinski definition) is 6. The number of hydrazine groups is 1. The topological polar surface area (TPSA) is 112 Å². The van der Waals surface area contributed by atoms with E-state index in [0.717, 1.165) is 9.04 Å². The van der Waals surface area contributed by atoms with Gasteiger partial charge in [0.1, 0.15) is 6.54 Å². The molecule has 28 heavy (non-hydrogen) atoms. The molecular weight excluding hydrogens is 432 g/mol. The molecule has 142 valence electrons. The van der Waals surface area contributed by atoms with Gasteiger partial charge in [-0.25, -0.2) is 4.98 Å². The summed E-state index contributed by atoms with van der Waals surface area (Å²) in [4.78, 5) is 41.0. The second-order valence-electron chi connectivity index (χ2n) is 5.91. The van der Waals surface area contributed by atoms with Gasteiger partial charge >= 0.3 is 0 Å². The van der Waals surface area contributed by atoms with Crippen LogP contribution >= 0.6 is 15.9 Å². The number of nitrogens with one attached hydrogen (secondary N) is 2. The van der Waals surface area contributed by atoms with Gasteiger partial charge in [0.25, 0.3) is 17.4 Å². The Bertz CT molecular complexity index is 1160. The number of carbonyl (C=O) groups excluding carboxylic acids is 2. The van der Waals surface area contributed by atoms with Crippen LogP contribution in [0.1, 0.15) is 10.4 Å². The number of amides is 2. The van der Waals surface area contributed by atoms with Gasteiger partial charge in [-0.05, 0) is 36.4 Å². The van der Waals surface area contributed by atoms with Crippen LogP contribution < -0.4 is 25.9 Å². The van der Waals surface area contributed by atoms with Crippen molar-refractivity contribution in [3.05, 3.63) is 63.1 Å². The van der Waals surface area contributed by atoms with E-state index in [1.54, 1.807) is 30.3 Å². The van der Waals surface area contributed by atoms with Gasteiger partial charge in [0.05, 0.1) is 17.2 Å². The lowest BCUT2D eigenvalue weighted by Crippen LogP contribution is -2.44. The summed E-state index contributed by atoms with van der Waals surface area (Å²) in [7, 11) is 0. The minimum Gasteiger partial charge on any atom is -0.454 e. The average Bonchev–Trinajstić information content (AvgIpc) is 3.16. The average molecular weight is 445 g/mol. The molecule has 2 N–H and O–H groups in total. The molecule has 0 atom stereocenters. The molecule has 0 saturated heterocycles. The van der Waals surface area contributed by atoms with Crippen LogP contribution in [-0.4, -0.2) is 28.2 Å². The number of ether oxygens (including phenoxy) is 2. The smallest absolute Gasteiger partial charge is 0.269 e. The minimum absolute atomic E-state index is 0.0995. The first-order valence-electron chi connectivity index (χ1n) is 8.15. The van der Waals surface area contributed by atoms with Crippen molar-refractivity contribution >= 4 is 38.6 Å². The Morgan fingerprint density at radius 3 is 2.79 bits per heavy atom. The van der Waals surface area contributed by atoms with Gasteiger partial charge in [-0.1, -0.05) is 15.9 Å². The van der Waals surface area contributed by atoms with Gasteiger partial charge in [0, 0.05) is 10.0 Å². The molecule has 0 radical (unpaired) electrons. The molecule has 9 nitrogen and oxygen atoms in total. The van der Waals surface area contributed by atoms with E-state index >= 15 is 0 Å². The zero-order valence-corrected chi connectivity index (χ0v) is 15.9. The Labute approximate surface area is 166 Å². The van der Waals surface area contributed by atoms with Crippen molar-refractivity contribution in [1.29, 1.82) is 0 Å². The first kappa shape index (κ1) is 18.0. The molecule has 0 saturated carbocycles. The highest BCUT2D eigenvalue weighted by Crippen LogP contribution is 2.32. The number of aromatic nitrogens is 2. The van der Waals surface area contributed by atoms with Crippen LogP contribution in [0, 0.1) is 0 Å². The number of rotatable bonds is 3. The molecule has 0 unspecified atom stereocenters.